The number of carbonyl (C=O) groups is 1. The van der Waals surface area contributed by atoms with Crippen LogP contribution in [0.15, 0.2) is 0 Å². The van der Waals surface area contributed by atoms with Gasteiger partial charge in [-0.15, -0.1) is 0 Å². The zero-order chi connectivity index (χ0) is 14.1. The molecule has 1 atom stereocenters. The largest absolute Gasteiger partial charge is 0.503 e. The van der Waals surface area contributed by atoms with Crippen LogP contribution in [0.2, 0.25) is 0 Å². The average Bonchev–Trinajstić information content (AvgIpc) is 2.26. The summed E-state index contributed by atoms with van der Waals surface area (Å²) in [5, 5.41) is 13.9. The predicted molar refractivity (Wildman–Crippen MR) is 63.9 cm³/mol. The Bertz CT molecular complexity index is 276. The summed E-state index contributed by atoms with van der Waals surface area (Å²) in [5.41, 5.74) is -0.392. The van der Waals surface area contributed by atoms with Crippen molar-refractivity contribution in [1.29, 1.82) is 0 Å². The highest BCUT2D eigenvalue weighted by molar-refractivity contribution is 5.53. The molecule has 0 saturated carbocycles. The van der Waals surface area contributed by atoms with Crippen LogP contribution in [-0.2, 0) is 9.78 Å². The Morgan fingerprint density at radius 1 is 1.00 bits per heavy atom. The van der Waals surface area contributed by atoms with Gasteiger partial charge in [0, 0.05) is 5.41 Å². The van der Waals surface area contributed by atoms with Crippen molar-refractivity contribution in [3.8, 4) is 0 Å². The lowest BCUT2D eigenvalue weighted by atomic mass is 9.63. The van der Waals surface area contributed by atoms with Crippen LogP contribution >= 0.6 is 0 Å². The van der Waals surface area contributed by atoms with E-state index in [9.17, 15) is 0 Å². The molecule has 0 bridgehead atoms. The molecular formula is C12H24O5. The van der Waals surface area contributed by atoms with E-state index in [-0.39, 0.29) is 16.6 Å². The Morgan fingerprint density at radius 2 is 1.35 bits per heavy atom. The lowest BCUT2D eigenvalue weighted by molar-refractivity contribution is -0.347. The Hall–Kier alpha value is -0.810. The highest BCUT2D eigenvalue weighted by Crippen LogP contribution is 2.54. The van der Waals surface area contributed by atoms with E-state index in [0.29, 0.717) is 5.92 Å². The van der Waals surface area contributed by atoms with Gasteiger partial charge in [0.05, 0.1) is 0 Å². The molecule has 1 rings (SSSR count). The van der Waals surface area contributed by atoms with E-state index in [1.54, 1.807) is 0 Å². The molecule has 1 saturated heterocycles. The molecule has 0 aliphatic carbocycles. The van der Waals surface area contributed by atoms with Crippen LogP contribution in [0.3, 0.4) is 0 Å². The molecule has 1 fully saturated rings. The SMILES string of the molecule is CC(C)C1(C)OOC(C)(C)C1(C)C.O=C(O)O. The Kier molecular flexibility index (Phi) is 4.59. The zero-order valence-corrected chi connectivity index (χ0v) is 11.7. The molecule has 17 heavy (non-hydrogen) atoms. The minimum absolute atomic E-state index is 0.0220. The summed E-state index contributed by atoms with van der Waals surface area (Å²) in [6.45, 7) is 15.1. The summed E-state index contributed by atoms with van der Waals surface area (Å²) in [6, 6.07) is 0. The summed E-state index contributed by atoms with van der Waals surface area (Å²) in [7, 11) is 0. The first kappa shape index (κ1) is 16.2. The maximum absolute atomic E-state index is 8.56. The predicted octanol–water partition coefficient (Wildman–Crippen LogP) is 3.39. The maximum atomic E-state index is 8.56. The fourth-order valence-corrected chi connectivity index (χ4v) is 1.81. The van der Waals surface area contributed by atoms with Crippen molar-refractivity contribution in [3.05, 3.63) is 0 Å². The Labute approximate surface area is 103 Å². The lowest BCUT2D eigenvalue weighted by Crippen LogP contribution is -2.50. The molecule has 1 unspecified atom stereocenters. The molecule has 102 valence electrons. The summed E-state index contributed by atoms with van der Waals surface area (Å²) in [6.07, 6.45) is -1.83. The average molecular weight is 248 g/mol. The molecule has 0 radical (unpaired) electrons. The number of hydrogen-bond donors (Lipinski definition) is 2. The molecule has 5 heteroatoms. The van der Waals surface area contributed by atoms with Crippen LogP contribution in [0, 0.1) is 11.3 Å². The minimum atomic E-state index is -1.83. The standard InChI is InChI=1S/C11H22O2.CH2O3/c1-8(2)11(7)9(3,4)10(5,6)12-13-11;2-1(3)4/h8H,1-7H3;(H2,2,3,4). The third-order valence-corrected chi connectivity index (χ3v) is 4.27. The molecule has 0 aromatic heterocycles. The van der Waals surface area contributed by atoms with Gasteiger partial charge in [-0.3, -0.25) is 0 Å². The van der Waals surface area contributed by atoms with Crippen molar-refractivity contribution in [2.45, 2.75) is 59.7 Å². The zero-order valence-electron chi connectivity index (χ0n) is 11.7. The highest BCUT2D eigenvalue weighted by Gasteiger charge is 2.61. The first-order valence-corrected chi connectivity index (χ1v) is 5.67. The van der Waals surface area contributed by atoms with Gasteiger partial charge in [0.2, 0.25) is 0 Å². The molecule has 5 nitrogen and oxygen atoms in total. The van der Waals surface area contributed by atoms with Crippen LogP contribution in [0.1, 0.15) is 48.5 Å². The van der Waals surface area contributed by atoms with Crippen LogP contribution in [0.4, 0.5) is 4.79 Å². The van der Waals surface area contributed by atoms with Gasteiger partial charge in [-0.2, -0.15) is 0 Å². The van der Waals surface area contributed by atoms with Crippen molar-refractivity contribution in [2.75, 3.05) is 0 Å². The first-order chi connectivity index (χ1) is 7.38. The summed E-state index contributed by atoms with van der Waals surface area (Å²) < 4.78 is 0. The molecule has 0 aromatic rings. The van der Waals surface area contributed by atoms with Crippen LogP contribution < -0.4 is 0 Å². The monoisotopic (exact) mass is 248 g/mol. The van der Waals surface area contributed by atoms with E-state index in [4.69, 9.17) is 24.8 Å². The highest BCUT2D eigenvalue weighted by atomic mass is 17.2. The second-order valence-corrected chi connectivity index (χ2v) is 5.85. The third-order valence-electron chi connectivity index (χ3n) is 4.27. The van der Waals surface area contributed by atoms with Crippen molar-refractivity contribution in [2.24, 2.45) is 11.3 Å². The molecule has 1 aliphatic heterocycles. The van der Waals surface area contributed by atoms with Gasteiger partial charge in [0.25, 0.3) is 0 Å². The second kappa shape index (κ2) is 4.82. The quantitative estimate of drug-likeness (QED) is 0.695. The summed E-state index contributed by atoms with van der Waals surface area (Å²) >= 11 is 0. The van der Waals surface area contributed by atoms with Crippen LogP contribution in [-0.4, -0.2) is 27.6 Å². The van der Waals surface area contributed by atoms with E-state index in [1.165, 1.54) is 0 Å². The van der Waals surface area contributed by atoms with E-state index < -0.39 is 6.16 Å². The fraction of sp³-hybridized carbons (Fsp3) is 0.917. The molecular weight excluding hydrogens is 224 g/mol. The molecule has 1 aliphatic rings. The van der Waals surface area contributed by atoms with Crippen molar-refractivity contribution in [3.63, 3.8) is 0 Å². The van der Waals surface area contributed by atoms with E-state index in [1.807, 2.05) is 0 Å². The van der Waals surface area contributed by atoms with Gasteiger partial charge in [0.1, 0.15) is 11.2 Å². The van der Waals surface area contributed by atoms with Crippen LogP contribution in [0.5, 0.6) is 0 Å². The van der Waals surface area contributed by atoms with Gasteiger partial charge in [-0.25, -0.2) is 14.6 Å². The smallest absolute Gasteiger partial charge is 0.450 e. The van der Waals surface area contributed by atoms with Gasteiger partial charge >= 0.3 is 6.16 Å². The van der Waals surface area contributed by atoms with Crippen molar-refractivity contribution < 1.29 is 24.8 Å². The van der Waals surface area contributed by atoms with Crippen molar-refractivity contribution in [1.82, 2.24) is 0 Å². The Morgan fingerprint density at radius 3 is 1.47 bits per heavy atom. The van der Waals surface area contributed by atoms with Crippen molar-refractivity contribution >= 4 is 6.16 Å². The molecule has 1 heterocycles. The van der Waals surface area contributed by atoms with Gasteiger partial charge < -0.3 is 10.2 Å². The Balaban J connectivity index is 0.000000557. The number of hydrogen-bond acceptors (Lipinski definition) is 3. The van der Waals surface area contributed by atoms with Crippen LogP contribution in [0.25, 0.3) is 0 Å². The van der Waals surface area contributed by atoms with E-state index in [2.05, 4.69) is 48.5 Å². The molecule has 0 amide bonds. The van der Waals surface area contributed by atoms with E-state index in [0.717, 1.165) is 0 Å². The second-order valence-electron chi connectivity index (χ2n) is 5.85. The molecule has 0 spiro atoms. The maximum Gasteiger partial charge on any atom is 0.503 e. The molecule has 2 N–H and O–H groups in total. The fourth-order valence-electron chi connectivity index (χ4n) is 1.81. The van der Waals surface area contributed by atoms with E-state index >= 15 is 0 Å². The summed E-state index contributed by atoms with van der Waals surface area (Å²) in [5.74, 6) is 0.448. The number of rotatable bonds is 1. The van der Waals surface area contributed by atoms with Gasteiger partial charge in [-0.1, -0.05) is 27.7 Å². The topological polar surface area (TPSA) is 76.0 Å². The minimum Gasteiger partial charge on any atom is -0.450 e. The lowest BCUT2D eigenvalue weighted by Gasteiger charge is -2.42. The number of carboxylic acid groups (broad SMARTS) is 2. The third kappa shape index (κ3) is 2.90. The summed E-state index contributed by atoms with van der Waals surface area (Å²) in [4.78, 5) is 19.5. The van der Waals surface area contributed by atoms with Gasteiger partial charge in [-0.05, 0) is 26.7 Å². The normalized spacial score (nSPS) is 29.6. The first-order valence-electron chi connectivity index (χ1n) is 5.67. The van der Waals surface area contributed by atoms with Gasteiger partial charge in [0.15, 0.2) is 0 Å². The molecule has 0 aromatic carbocycles.